The molecule has 0 unspecified atom stereocenters. The Hall–Kier alpha value is -1.73. The van der Waals surface area contributed by atoms with E-state index in [9.17, 15) is 12.8 Å². The summed E-state index contributed by atoms with van der Waals surface area (Å²) in [5.74, 6) is -0.318. The summed E-state index contributed by atoms with van der Waals surface area (Å²) in [4.78, 5) is 0.00427. The van der Waals surface area contributed by atoms with Gasteiger partial charge in [0.15, 0.2) is 0 Å². The van der Waals surface area contributed by atoms with E-state index in [1.54, 1.807) is 19.1 Å². The zero-order chi connectivity index (χ0) is 13.3. The number of halogens is 1. The van der Waals surface area contributed by atoms with Crippen LogP contribution in [0, 0.1) is 12.7 Å². The summed E-state index contributed by atoms with van der Waals surface area (Å²) in [6.45, 7) is 1.98. The zero-order valence-electron chi connectivity index (χ0n) is 9.67. The zero-order valence-corrected chi connectivity index (χ0v) is 10.5. The van der Waals surface area contributed by atoms with E-state index in [0.29, 0.717) is 12.2 Å². The highest BCUT2D eigenvalue weighted by Crippen LogP contribution is 2.14. The van der Waals surface area contributed by atoms with E-state index in [2.05, 4.69) is 5.10 Å². The number of primary sulfonamides is 1. The SMILES string of the molecule is Cc1c(S(N)(=O)=O)cnn1Cc1ccc(F)cc1. The number of hydrogen-bond donors (Lipinski definition) is 1. The number of hydrogen-bond acceptors (Lipinski definition) is 3. The Kier molecular flexibility index (Phi) is 3.18. The van der Waals surface area contributed by atoms with Gasteiger partial charge in [-0.2, -0.15) is 5.10 Å². The topological polar surface area (TPSA) is 78.0 Å². The van der Waals surface area contributed by atoms with Crippen molar-refractivity contribution in [3.63, 3.8) is 0 Å². The van der Waals surface area contributed by atoms with E-state index in [0.717, 1.165) is 5.56 Å². The summed E-state index contributed by atoms with van der Waals surface area (Å²) in [6, 6.07) is 5.92. The first-order chi connectivity index (χ1) is 8.38. The van der Waals surface area contributed by atoms with Gasteiger partial charge in [-0.05, 0) is 24.6 Å². The van der Waals surface area contributed by atoms with Crippen LogP contribution in [0.2, 0.25) is 0 Å². The van der Waals surface area contributed by atoms with Crippen LogP contribution in [0.1, 0.15) is 11.3 Å². The highest BCUT2D eigenvalue weighted by atomic mass is 32.2. The van der Waals surface area contributed by atoms with Crippen molar-refractivity contribution in [2.45, 2.75) is 18.4 Å². The highest BCUT2D eigenvalue weighted by molar-refractivity contribution is 7.89. The molecule has 0 radical (unpaired) electrons. The molecule has 5 nitrogen and oxygen atoms in total. The van der Waals surface area contributed by atoms with Crippen LogP contribution >= 0.6 is 0 Å². The Labute approximate surface area is 104 Å². The number of benzene rings is 1. The molecule has 2 N–H and O–H groups in total. The van der Waals surface area contributed by atoms with Crippen molar-refractivity contribution in [2.75, 3.05) is 0 Å². The number of aromatic nitrogens is 2. The van der Waals surface area contributed by atoms with Crippen LogP contribution in [-0.2, 0) is 16.6 Å². The van der Waals surface area contributed by atoms with Gasteiger partial charge < -0.3 is 0 Å². The fraction of sp³-hybridized carbons (Fsp3) is 0.182. The summed E-state index contributed by atoms with van der Waals surface area (Å²) >= 11 is 0. The van der Waals surface area contributed by atoms with Gasteiger partial charge >= 0.3 is 0 Å². The normalized spacial score (nSPS) is 11.7. The van der Waals surface area contributed by atoms with Crippen molar-refractivity contribution in [2.24, 2.45) is 5.14 Å². The first-order valence-corrected chi connectivity index (χ1v) is 6.72. The van der Waals surface area contributed by atoms with Gasteiger partial charge in [-0.15, -0.1) is 0 Å². The van der Waals surface area contributed by atoms with Gasteiger partial charge in [0.05, 0.1) is 18.4 Å². The molecule has 0 fully saturated rings. The Morgan fingerprint density at radius 2 is 1.94 bits per heavy atom. The molecular formula is C11H12FN3O2S. The molecule has 0 saturated carbocycles. The van der Waals surface area contributed by atoms with Crippen LogP contribution in [0.25, 0.3) is 0 Å². The van der Waals surface area contributed by atoms with Crippen LogP contribution in [0.15, 0.2) is 35.4 Å². The molecule has 2 aromatic rings. The van der Waals surface area contributed by atoms with Crippen LogP contribution < -0.4 is 5.14 Å². The van der Waals surface area contributed by atoms with Crippen molar-refractivity contribution >= 4 is 10.0 Å². The molecule has 2 rings (SSSR count). The van der Waals surface area contributed by atoms with Crippen LogP contribution in [0.5, 0.6) is 0 Å². The predicted octanol–water partition coefficient (Wildman–Crippen LogP) is 1.03. The van der Waals surface area contributed by atoms with Crippen molar-refractivity contribution in [3.8, 4) is 0 Å². The minimum atomic E-state index is -3.75. The second kappa shape index (κ2) is 4.51. The molecule has 0 amide bonds. The van der Waals surface area contributed by atoms with E-state index >= 15 is 0 Å². The number of nitrogens with two attached hydrogens (primary N) is 1. The number of sulfonamides is 1. The van der Waals surface area contributed by atoms with Crippen molar-refractivity contribution in [1.82, 2.24) is 9.78 Å². The Balaban J connectivity index is 2.31. The van der Waals surface area contributed by atoms with Gasteiger partial charge in [0, 0.05) is 0 Å². The maximum atomic E-state index is 12.7. The lowest BCUT2D eigenvalue weighted by molar-refractivity contribution is 0.596. The summed E-state index contributed by atoms with van der Waals surface area (Å²) in [5.41, 5.74) is 1.28. The predicted molar refractivity (Wildman–Crippen MR) is 63.8 cm³/mol. The van der Waals surface area contributed by atoms with Gasteiger partial charge in [-0.25, -0.2) is 17.9 Å². The van der Waals surface area contributed by atoms with Crippen LogP contribution in [0.4, 0.5) is 4.39 Å². The lowest BCUT2D eigenvalue weighted by Crippen LogP contribution is -2.13. The molecule has 1 aromatic carbocycles. The minimum Gasteiger partial charge on any atom is -0.264 e. The summed E-state index contributed by atoms with van der Waals surface area (Å²) < 4.78 is 36.7. The molecule has 0 atom stereocenters. The Bertz CT molecular complexity index is 662. The lowest BCUT2D eigenvalue weighted by Gasteiger charge is -2.05. The third kappa shape index (κ3) is 2.57. The molecular weight excluding hydrogens is 257 g/mol. The maximum absolute atomic E-state index is 12.7. The third-order valence-electron chi connectivity index (χ3n) is 2.61. The van der Waals surface area contributed by atoms with Crippen molar-refractivity contribution in [3.05, 3.63) is 47.5 Å². The molecule has 7 heteroatoms. The summed E-state index contributed by atoms with van der Waals surface area (Å²) in [6.07, 6.45) is 1.22. The Morgan fingerprint density at radius 3 is 2.44 bits per heavy atom. The maximum Gasteiger partial charge on any atom is 0.241 e. The summed E-state index contributed by atoms with van der Waals surface area (Å²) in [5, 5.41) is 9.02. The second-order valence-electron chi connectivity index (χ2n) is 3.92. The van der Waals surface area contributed by atoms with Gasteiger partial charge in [0.1, 0.15) is 10.7 Å². The standard InChI is InChI=1S/C11H12FN3O2S/c1-8-11(18(13,16)17)6-14-15(8)7-9-2-4-10(12)5-3-9/h2-6H,7H2,1H3,(H2,13,16,17). The van der Waals surface area contributed by atoms with Gasteiger partial charge in [-0.3, -0.25) is 4.68 Å². The number of rotatable bonds is 3. The molecule has 1 aromatic heterocycles. The average molecular weight is 269 g/mol. The average Bonchev–Trinajstić information content (AvgIpc) is 2.63. The second-order valence-corrected chi connectivity index (χ2v) is 5.45. The summed E-state index contributed by atoms with van der Waals surface area (Å²) in [7, 11) is -3.75. The fourth-order valence-corrected chi connectivity index (χ4v) is 2.34. The highest BCUT2D eigenvalue weighted by Gasteiger charge is 2.16. The quantitative estimate of drug-likeness (QED) is 0.903. The molecule has 0 spiro atoms. The molecule has 0 aliphatic heterocycles. The Morgan fingerprint density at radius 1 is 1.33 bits per heavy atom. The third-order valence-corrected chi connectivity index (χ3v) is 3.62. The van der Waals surface area contributed by atoms with E-state index in [-0.39, 0.29) is 10.7 Å². The van der Waals surface area contributed by atoms with Gasteiger partial charge in [-0.1, -0.05) is 12.1 Å². The minimum absolute atomic E-state index is 0.00427. The largest absolute Gasteiger partial charge is 0.264 e. The van der Waals surface area contributed by atoms with Crippen LogP contribution in [-0.4, -0.2) is 18.2 Å². The van der Waals surface area contributed by atoms with Gasteiger partial charge in [0.2, 0.25) is 10.0 Å². The number of nitrogens with zero attached hydrogens (tertiary/aromatic N) is 2. The van der Waals surface area contributed by atoms with E-state index in [1.165, 1.54) is 23.0 Å². The smallest absolute Gasteiger partial charge is 0.241 e. The monoisotopic (exact) mass is 269 g/mol. The molecule has 0 aliphatic rings. The molecule has 96 valence electrons. The van der Waals surface area contributed by atoms with E-state index in [1.807, 2.05) is 0 Å². The fourth-order valence-electron chi connectivity index (χ4n) is 1.63. The van der Waals surface area contributed by atoms with Crippen molar-refractivity contribution in [1.29, 1.82) is 0 Å². The molecule has 18 heavy (non-hydrogen) atoms. The molecule has 0 bridgehead atoms. The van der Waals surface area contributed by atoms with E-state index < -0.39 is 10.0 Å². The van der Waals surface area contributed by atoms with Crippen LogP contribution in [0.3, 0.4) is 0 Å². The van der Waals surface area contributed by atoms with Gasteiger partial charge in [0.25, 0.3) is 0 Å². The molecule has 1 heterocycles. The molecule has 0 saturated heterocycles. The first kappa shape index (κ1) is 12.7. The molecule has 0 aliphatic carbocycles. The first-order valence-electron chi connectivity index (χ1n) is 5.17. The van der Waals surface area contributed by atoms with E-state index in [4.69, 9.17) is 5.14 Å². The van der Waals surface area contributed by atoms with Crippen molar-refractivity contribution < 1.29 is 12.8 Å². The lowest BCUT2D eigenvalue weighted by atomic mass is 10.2.